The molecule has 2 amide bonds. The summed E-state index contributed by atoms with van der Waals surface area (Å²) in [6.45, 7) is 5.89. The highest BCUT2D eigenvalue weighted by Crippen LogP contribution is 2.35. The zero-order valence-electron chi connectivity index (χ0n) is 17.0. The lowest BCUT2D eigenvalue weighted by molar-refractivity contribution is -0.120. The summed E-state index contributed by atoms with van der Waals surface area (Å²) in [5.41, 5.74) is 4.75. The summed E-state index contributed by atoms with van der Waals surface area (Å²) in [6.07, 6.45) is 0. The summed E-state index contributed by atoms with van der Waals surface area (Å²) < 4.78 is 14.4. The maximum atomic E-state index is 14.4. The maximum absolute atomic E-state index is 14.4. The van der Waals surface area contributed by atoms with E-state index < -0.39 is 17.6 Å². The zero-order valence-corrected chi connectivity index (χ0v) is 17.0. The molecule has 0 saturated carbocycles. The fourth-order valence-electron chi connectivity index (χ4n) is 3.44. The van der Waals surface area contributed by atoms with E-state index in [2.05, 4.69) is 5.32 Å². The monoisotopic (exact) mass is 400 g/mol. The molecule has 0 aliphatic carbocycles. The number of nitrogens with one attached hydrogen (secondary N) is 1. The van der Waals surface area contributed by atoms with Gasteiger partial charge in [0.15, 0.2) is 0 Å². The van der Waals surface area contributed by atoms with Gasteiger partial charge in [-0.15, -0.1) is 0 Å². The molecule has 0 bridgehead atoms. The fourth-order valence-corrected chi connectivity index (χ4v) is 3.44. The summed E-state index contributed by atoms with van der Waals surface area (Å²) in [7, 11) is 0. The summed E-state index contributed by atoms with van der Waals surface area (Å²) >= 11 is 0. The van der Waals surface area contributed by atoms with Gasteiger partial charge in [-0.1, -0.05) is 48.0 Å². The van der Waals surface area contributed by atoms with Crippen LogP contribution in [0.2, 0.25) is 0 Å². The second kappa shape index (κ2) is 7.59. The van der Waals surface area contributed by atoms with Crippen molar-refractivity contribution in [2.45, 2.75) is 20.8 Å². The van der Waals surface area contributed by atoms with Gasteiger partial charge < -0.3 is 5.32 Å². The van der Waals surface area contributed by atoms with Crippen LogP contribution in [0.15, 0.2) is 72.4 Å². The number of aryl methyl sites for hydroxylation is 3. The quantitative estimate of drug-likeness (QED) is 0.617. The largest absolute Gasteiger partial charge is 0.350 e. The van der Waals surface area contributed by atoms with Crippen LogP contribution in [0.3, 0.4) is 0 Å². The third-order valence-electron chi connectivity index (χ3n) is 5.29. The highest BCUT2D eigenvalue weighted by Gasteiger charge is 2.41. The van der Waals surface area contributed by atoms with Crippen LogP contribution >= 0.6 is 0 Å². The van der Waals surface area contributed by atoms with Crippen LogP contribution < -0.4 is 10.2 Å². The molecule has 1 N–H and O–H groups in total. The Labute approximate surface area is 174 Å². The first-order valence-electron chi connectivity index (χ1n) is 9.65. The number of hydrogen-bond donors (Lipinski definition) is 1. The SMILES string of the molecule is Cc1ccc(NC2=C(c3ccc(C)c(C)c3)C(=O)N(c3ccccc3F)C2=O)cc1. The summed E-state index contributed by atoms with van der Waals surface area (Å²) in [6, 6.07) is 18.9. The molecular formula is C25H21FN2O2. The molecule has 3 aromatic rings. The molecule has 150 valence electrons. The van der Waals surface area contributed by atoms with E-state index in [0.717, 1.165) is 21.6 Å². The smallest absolute Gasteiger partial charge is 0.282 e. The van der Waals surface area contributed by atoms with Crippen molar-refractivity contribution in [2.24, 2.45) is 0 Å². The molecule has 4 nitrogen and oxygen atoms in total. The summed E-state index contributed by atoms with van der Waals surface area (Å²) in [5.74, 6) is -1.77. The number of nitrogens with zero attached hydrogens (tertiary/aromatic N) is 1. The van der Waals surface area contributed by atoms with E-state index in [1.54, 1.807) is 6.07 Å². The lowest BCUT2D eigenvalue weighted by atomic mass is 9.99. The van der Waals surface area contributed by atoms with Crippen molar-refractivity contribution < 1.29 is 14.0 Å². The Morgan fingerprint density at radius 2 is 1.50 bits per heavy atom. The second-order valence-corrected chi connectivity index (χ2v) is 7.44. The van der Waals surface area contributed by atoms with E-state index in [0.29, 0.717) is 11.3 Å². The molecule has 4 rings (SSSR count). The van der Waals surface area contributed by atoms with E-state index in [1.807, 2.05) is 63.2 Å². The number of amides is 2. The molecule has 0 radical (unpaired) electrons. The highest BCUT2D eigenvalue weighted by molar-refractivity contribution is 6.46. The molecular weight excluding hydrogens is 379 g/mol. The average molecular weight is 400 g/mol. The molecule has 0 saturated heterocycles. The first-order valence-corrected chi connectivity index (χ1v) is 9.65. The topological polar surface area (TPSA) is 49.4 Å². The van der Waals surface area contributed by atoms with Crippen molar-refractivity contribution in [2.75, 3.05) is 10.2 Å². The molecule has 1 aliphatic rings. The number of imide groups is 1. The summed E-state index contributed by atoms with van der Waals surface area (Å²) in [4.78, 5) is 27.6. The molecule has 5 heteroatoms. The van der Waals surface area contributed by atoms with Crippen molar-refractivity contribution in [3.05, 3.63) is 100 Å². The lowest BCUT2D eigenvalue weighted by Gasteiger charge is -2.16. The molecule has 0 spiro atoms. The number of hydrogen-bond acceptors (Lipinski definition) is 3. The normalized spacial score (nSPS) is 13.9. The second-order valence-electron chi connectivity index (χ2n) is 7.44. The number of benzene rings is 3. The van der Waals surface area contributed by atoms with Gasteiger partial charge in [0.25, 0.3) is 11.8 Å². The third kappa shape index (κ3) is 3.39. The van der Waals surface area contributed by atoms with Gasteiger partial charge in [0.05, 0.1) is 11.3 Å². The molecule has 3 aromatic carbocycles. The minimum Gasteiger partial charge on any atom is -0.350 e. The standard InChI is InChI=1S/C25H21FN2O2/c1-15-8-12-19(13-9-15)27-23-22(18-11-10-16(2)17(3)14-18)24(29)28(25(23)30)21-7-5-4-6-20(21)26/h4-14,27H,1-3H3. The van der Waals surface area contributed by atoms with Crippen LogP contribution in [0.1, 0.15) is 22.3 Å². The maximum Gasteiger partial charge on any atom is 0.282 e. The van der Waals surface area contributed by atoms with Crippen molar-refractivity contribution in [1.82, 2.24) is 0 Å². The van der Waals surface area contributed by atoms with Crippen LogP contribution in [0.25, 0.3) is 5.57 Å². The van der Waals surface area contributed by atoms with E-state index in [4.69, 9.17) is 0 Å². The van der Waals surface area contributed by atoms with Gasteiger partial charge in [0, 0.05) is 5.69 Å². The molecule has 0 aromatic heterocycles. The average Bonchev–Trinajstić information content (AvgIpc) is 2.96. The summed E-state index contributed by atoms with van der Waals surface area (Å²) in [5, 5.41) is 3.10. The predicted molar refractivity (Wildman–Crippen MR) is 117 cm³/mol. The number of carbonyl (C=O) groups excluding carboxylic acids is 2. The van der Waals surface area contributed by atoms with Crippen LogP contribution in [0.5, 0.6) is 0 Å². The molecule has 1 aliphatic heterocycles. The minimum absolute atomic E-state index is 0.0606. The highest BCUT2D eigenvalue weighted by atomic mass is 19.1. The van der Waals surface area contributed by atoms with E-state index in [9.17, 15) is 14.0 Å². The Balaban J connectivity index is 1.86. The minimum atomic E-state index is -0.629. The fraction of sp³-hybridized carbons (Fsp3) is 0.120. The van der Waals surface area contributed by atoms with E-state index in [-0.39, 0.29) is 17.0 Å². The first kappa shape index (κ1) is 19.6. The van der Waals surface area contributed by atoms with Gasteiger partial charge >= 0.3 is 0 Å². The number of carbonyl (C=O) groups is 2. The zero-order chi connectivity index (χ0) is 21.4. The Hall–Kier alpha value is -3.73. The number of halogens is 1. The Bertz CT molecular complexity index is 1200. The number of rotatable bonds is 4. The van der Waals surface area contributed by atoms with Crippen molar-refractivity contribution in [1.29, 1.82) is 0 Å². The Morgan fingerprint density at radius 3 is 2.17 bits per heavy atom. The predicted octanol–water partition coefficient (Wildman–Crippen LogP) is 5.15. The number of anilines is 2. The molecule has 30 heavy (non-hydrogen) atoms. The van der Waals surface area contributed by atoms with Crippen LogP contribution in [-0.4, -0.2) is 11.8 Å². The van der Waals surface area contributed by atoms with Gasteiger partial charge in [-0.2, -0.15) is 0 Å². The third-order valence-corrected chi connectivity index (χ3v) is 5.29. The first-order chi connectivity index (χ1) is 14.4. The van der Waals surface area contributed by atoms with E-state index >= 15 is 0 Å². The van der Waals surface area contributed by atoms with Gasteiger partial charge in [0.2, 0.25) is 0 Å². The Kier molecular flexibility index (Phi) is 4.96. The van der Waals surface area contributed by atoms with Crippen molar-refractivity contribution in [3.8, 4) is 0 Å². The van der Waals surface area contributed by atoms with Gasteiger partial charge in [0.1, 0.15) is 11.5 Å². The van der Waals surface area contributed by atoms with Gasteiger partial charge in [-0.05, 0) is 61.7 Å². The van der Waals surface area contributed by atoms with Crippen molar-refractivity contribution >= 4 is 28.8 Å². The van der Waals surface area contributed by atoms with E-state index in [1.165, 1.54) is 18.2 Å². The molecule has 0 fully saturated rings. The molecule has 1 heterocycles. The van der Waals surface area contributed by atoms with Gasteiger partial charge in [-0.3, -0.25) is 9.59 Å². The van der Waals surface area contributed by atoms with Crippen molar-refractivity contribution in [3.63, 3.8) is 0 Å². The molecule has 0 unspecified atom stereocenters. The number of para-hydroxylation sites is 1. The molecule has 0 atom stereocenters. The van der Waals surface area contributed by atoms with Crippen LogP contribution in [0.4, 0.5) is 15.8 Å². The lowest BCUT2D eigenvalue weighted by Crippen LogP contribution is -2.33. The van der Waals surface area contributed by atoms with Gasteiger partial charge in [-0.25, -0.2) is 9.29 Å². The van der Waals surface area contributed by atoms with Crippen LogP contribution in [-0.2, 0) is 9.59 Å². The Morgan fingerprint density at radius 1 is 0.800 bits per heavy atom. The van der Waals surface area contributed by atoms with Crippen LogP contribution in [0, 0.1) is 26.6 Å².